The zero-order valence-corrected chi connectivity index (χ0v) is 11.2. The molecule has 1 amide bonds. The van der Waals surface area contributed by atoms with Crippen LogP contribution in [0, 0.1) is 0 Å². The molecule has 2 aromatic carbocycles. The number of nitrogens with one attached hydrogen (secondary N) is 1. The highest BCUT2D eigenvalue weighted by atomic mass is 35.5. The van der Waals surface area contributed by atoms with Gasteiger partial charge < -0.3 is 16.2 Å². The van der Waals surface area contributed by atoms with Crippen LogP contribution in [0.15, 0.2) is 36.4 Å². The Hall–Kier alpha value is -1.91. The molecule has 0 fully saturated rings. The van der Waals surface area contributed by atoms with Crippen LogP contribution in [0.25, 0.3) is 0 Å². The molecule has 0 atom stereocenters. The van der Waals surface area contributed by atoms with Crippen molar-refractivity contribution >= 4 is 40.5 Å². The molecule has 0 aromatic heterocycles. The van der Waals surface area contributed by atoms with Crippen molar-refractivity contribution in [2.45, 2.75) is 0 Å². The van der Waals surface area contributed by atoms with Crippen LogP contribution in [-0.2, 0) is 0 Å². The number of amides is 1. The van der Waals surface area contributed by atoms with Crippen LogP contribution in [-0.4, -0.2) is 11.0 Å². The van der Waals surface area contributed by atoms with Crippen molar-refractivity contribution < 1.29 is 9.90 Å². The summed E-state index contributed by atoms with van der Waals surface area (Å²) in [6.45, 7) is 0. The van der Waals surface area contributed by atoms with Gasteiger partial charge in [-0.3, -0.25) is 4.79 Å². The summed E-state index contributed by atoms with van der Waals surface area (Å²) in [6, 6.07) is 8.87. The number of anilines is 2. The van der Waals surface area contributed by atoms with Crippen molar-refractivity contribution in [3.05, 3.63) is 52.0 Å². The van der Waals surface area contributed by atoms with E-state index in [-0.39, 0.29) is 17.0 Å². The highest BCUT2D eigenvalue weighted by Crippen LogP contribution is 2.26. The average molecular weight is 297 g/mol. The number of phenols is 1. The van der Waals surface area contributed by atoms with Gasteiger partial charge in [0.25, 0.3) is 5.91 Å². The van der Waals surface area contributed by atoms with Crippen LogP contribution >= 0.6 is 23.2 Å². The Bertz CT molecular complexity index is 645. The maximum absolute atomic E-state index is 12.1. The third kappa shape index (κ3) is 3.10. The maximum atomic E-state index is 12.1. The normalized spacial score (nSPS) is 10.2. The molecule has 98 valence electrons. The number of rotatable bonds is 2. The first-order valence-electron chi connectivity index (χ1n) is 5.32. The van der Waals surface area contributed by atoms with Gasteiger partial charge in [-0.15, -0.1) is 0 Å². The zero-order valence-electron chi connectivity index (χ0n) is 9.65. The van der Waals surface area contributed by atoms with Crippen molar-refractivity contribution in [2.75, 3.05) is 11.1 Å². The minimum atomic E-state index is -0.426. The Labute approximate surface area is 119 Å². The van der Waals surface area contributed by atoms with E-state index in [1.54, 1.807) is 12.1 Å². The molecule has 19 heavy (non-hydrogen) atoms. The molecule has 4 nitrogen and oxygen atoms in total. The molecule has 0 saturated heterocycles. The maximum Gasteiger partial charge on any atom is 0.257 e. The van der Waals surface area contributed by atoms with Gasteiger partial charge >= 0.3 is 0 Å². The minimum Gasteiger partial charge on any atom is -0.508 e. The first-order valence-corrected chi connectivity index (χ1v) is 6.08. The third-order valence-corrected chi connectivity index (χ3v) is 3.02. The SMILES string of the molecule is Nc1cc(O)ccc1NC(=O)c1cc(Cl)ccc1Cl. The number of benzene rings is 2. The largest absolute Gasteiger partial charge is 0.508 e. The average Bonchev–Trinajstić information content (AvgIpc) is 2.35. The van der Waals surface area contributed by atoms with Gasteiger partial charge in [0, 0.05) is 11.1 Å². The van der Waals surface area contributed by atoms with Gasteiger partial charge in [0.05, 0.1) is 22.0 Å². The van der Waals surface area contributed by atoms with Crippen molar-refractivity contribution in [3.8, 4) is 5.75 Å². The fourth-order valence-electron chi connectivity index (χ4n) is 1.53. The van der Waals surface area contributed by atoms with Crippen LogP contribution in [0.2, 0.25) is 10.0 Å². The van der Waals surface area contributed by atoms with Gasteiger partial charge in [0.15, 0.2) is 0 Å². The fraction of sp³-hybridized carbons (Fsp3) is 0. The Balaban J connectivity index is 2.28. The fourth-order valence-corrected chi connectivity index (χ4v) is 1.90. The Morgan fingerprint density at radius 1 is 1.16 bits per heavy atom. The van der Waals surface area contributed by atoms with Crippen LogP contribution in [0.1, 0.15) is 10.4 Å². The lowest BCUT2D eigenvalue weighted by atomic mass is 10.2. The van der Waals surface area contributed by atoms with Crippen LogP contribution in [0.4, 0.5) is 11.4 Å². The summed E-state index contributed by atoms with van der Waals surface area (Å²) in [5.74, 6) is -0.402. The summed E-state index contributed by atoms with van der Waals surface area (Å²) in [7, 11) is 0. The molecule has 6 heteroatoms. The number of phenolic OH excluding ortho intramolecular Hbond substituents is 1. The van der Waals surface area contributed by atoms with Crippen LogP contribution in [0.3, 0.4) is 0 Å². The summed E-state index contributed by atoms with van der Waals surface area (Å²) in [5, 5.41) is 12.5. The molecule has 0 radical (unpaired) electrons. The molecule has 0 saturated carbocycles. The summed E-state index contributed by atoms with van der Waals surface area (Å²) in [4.78, 5) is 12.1. The second-order valence-corrected chi connectivity index (χ2v) is 4.69. The first-order chi connectivity index (χ1) is 8.97. The van der Waals surface area contributed by atoms with Gasteiger partial charge in [0.2, 0.25) is 0 Å². The van der Waals surface area contributed by atoms with E-state index < -0.39 is 5.91 Å². The number of carbonyl (C=O) groups is 1. The summed E-state index contributed by atoms with van der Waals surface area (Å²) < 4.78 is 0. The minimum absolute atomic E-state index is 0.0243. The van der Waals surface area contributed by atoms with Crippen molar-refractivity contribution in [2.24, 2.45) is 0 Å². The second kappa shape index (κ2) is 5.38. The molecule has 0 aliphatic heterocycles. The number of carbonyl (C=O) groups excluding carboxylic acids is 1. The molecule has 0 spiro atoms. The third-order valence-electron chi connectivity index (χ3n) is 2.46. The molecule has 2 rings (SSSR count). The zero-order chi connectivity index (χ0) is 14.0. The Morgan fingerprint density at radius 2 is 1.89 bits per heavy atom. The van der Waals surface area contributed by atoms with Gasteiger partial charge in [0.1, 0.15) is 5.75 Å². The quantitative estimate of drug-likeness (QED) is 0.586. The number of aromatic hydroxyl groups is 1. The standard InChI is InChI=1S/C13H10Cl2N2O2/c14-7-1-3-10(15)9(5-7)13(19)17-12-4-2-8(18)6-11(12)16/h1-6,18H,16H2,(H,17,19). The van der Waals surface area contributed by atoms with Gasteiger partial charge in [-0.25, -0.2) is 0 Å². The lowest BCUT2D eigenvalue weighted by Gasteiger charge is -2.09. The monoisotopic (exact) mass is 296 g/mol. The lowest BCUT2D eigenvalue weighted by molar-refractivity contribution is 0.102. The van der Waals surface area contributed by atoms with Gasteiger partial charge in [-0.2, -0.15) is 0 Å². The van der Waals surface area contributed by atoms with Gasteiger partial charge in [-0.1, -0.05) is 23.2 Å². The van der Waals surface area contributed by atoms with Crippen molar-refractivity contribution in [1.82, 2.24) is 0 Å². The number of hydrogen-bond donors (Lipinski definition) is 3. The predicted molar refractivity (Wildman–Crippen MR) is 76.9 cm³/mol. The summed E-state index contributed by atoms with van der Waals surface area (Å²) >= 11 is 11.8. The van der Waals surface area contributed by atoms with E-state index in [9.17, 15) is 9.90 Å². The summed E-state index contributed by atoms with van der Waals surface area (Å²) in [5.41, 5.74) is 6.58. The number of nitrogen functional groups attached to an aromatic ring is 1. The predicted octanol–water partition coefficient (Wildman–Crippen LogP) is 3.53. The molecule has 0 bridgehead atoms. The van der Waals surface area contributed by atoms with E-state index in [1.165, 1.54) is 24.3 Å². The Morgan fingerprint density at radius 3 is 2.58 bits per heavy atom. The van der Waals surface area contributed by atoms with E-state index in [0.717, 1.165) is 0 Å². The number of halogens is 2. The topological polar surface area (TPSA) is 75.3 Å². The van der Waals surface area contributed by atoms with E-state index in [4.69, 9.17) is 28.9 Å². The highest BCUT2D eigenvalue weighted by Gasteiger charge is 2.12. The van der Waals surface area contributed by atoms with Crippen LogP contribution < -0.4 is 11.1 Å². The van der Waals surface area contributed by atoms with Crippen molar-refractivity contribution in [3.63, 3.8) is 0 Å². The highest BCUT2D eigenvalue weighted by molar-refractivity contribution is 6.36. The van der Waals surface area contributed by atoms with E-state index in [0.29, 0.717) is 15.7 Å². The summed E-state index contributed by atoms with van der Waals surface area (Å²) in [6.07, 6.45) is 0. The number of hydrogen-bond acceptors (Lipinski definition) is 3. The second-order valence-electron chi connectivity index (χ2n) is 3.85. The van der Waals surface area contributed by atoms with Crippen LogP contribution in [0.5, 0.6) is 5.75 Å². The molecule has 0 heterocycles. The lowest BCUT2D eigenvalue weighted by Crippen LogP contribution is -2.13. The van der Waals surface area contributed by atoms with Crippen molar-refractivity contribution in [1.29, 1.82) is 0 Å². The van der Waals surface area contributed by atoms with E-state index >= 15 is 0 Å². The molecule has 0 aliphatic rings. The molecular weight excluding hydrogens is 287 g/mol. The smallest absolute Gasteiger partial charge is 0.257 e. The van der Waals surface area contributed by atoms with Gasteiger partial charge in [-0.05, 0) is 30.3 Å². The molecule has 0 aliphatic carbocycles. The van der Waals surface area contributed by atoms with E-state index in [2.05, 4.69) is 5.32 Å². The number of nitrogens with two attached hydrogens (primary N) is 1. The Kier molecular flexibility index (Phi) is 3.83. The molecule has 0 unspecified atom stereocenters. The molecule has 2 aromatic rings. The molecule has 4 N–H and O–H groups in total. The first kappa shape index (κ1) is 13.5. The van der Waals surface area contributed by atoms with E-state index in [1.807, 2.05) is 0 Å². The molecular formula is C13H10Cl2N2O2.